The van der Waals surface area contributed by atoms with E-state index in [4.69, 9.17) is 4.74 Å². The van der Waals surface area contributed by atoms with E-state index in [9.17, 15) is 14.7 Å². The summed E-state index contributed by atoms with van der Waals surface area (Å²) in [7, 11) is 0. The number of nitrogens with zero attached hydrogens (tertiary/aromatic N) is 3. The van der Waals surface area contributed by atoms with Crippen molar-refractivity contribution in [3.8, 4) is 6.01 Å². The fraction of sp³-hybridized carbons (Fsp3) is 0.600. The van der Waals surface area contributed by atoms with Crippen LogP contribution in [0.3, 0.4) is 0 Å². The fourth-order valence-corrected chi connectivity index (χ4v) is 5.22. The Balaban J connectivity index is 1.89. The van der Waals surface area contributed by atoms with Gasteiger partial charge in [0.15, 0.2) is 0 Å². The standard InChI is InChI=1S/C25H35N3O4S/c1-16-7-9-18(10-8-16)22(29)28(17(2)11-14-32-24-26-12-6-13-27-24)19-15-20(25(3,4)5)33-21(19)23(30)31/h6,12-13,15-18H,7-11,14H2,1-5H3,(H,30,31)/t16-,17-,18-/m0/s1. The molecular weight excluding hydrogens is 438 g/mol. The molecule has 1 atom stereocenters. The average Bonchev–Trinajstić information content (AvgIpc) is 3.21. The molecule has 1 amide bonds. The Bertz CT molecular complexity index is 946. The van der Waals surface area contributed by atoms with E-state index in [1.807, 2.05) is 13.0 Å². The minimum Gasteiger partial charge on any atom is -0.477 e. The summed E-state index contributed by atoms with van der Waals surface area (Å²) < 4.78 is 5.67. The van der Waals surface area contributed by atoms with E-state index in [1.165, 1.54) is 11.3 Å². The monoisotopic (exact) mass is 473 g/mol. The molecule has 1 N–H and O–H groups in total. The number of rotatable bonds is 8. The van der Waals surface area contributed by atoms with E-state index >= 15 is 0 Å². The van der Waals surface area contributed by atoms with E-state index in [1.54, 1.807) is 23.4 Å². The number of hydrogen-bond donors (Lipinski definition) is 1. The molecule has 3 rings (SSSR count). The Morgan fingerprint density at radius 2 is 1.85 bits per heavy atom. The molecule has 0 radical (unpaired) electrons. The van der Waals surface area contributed by atoms with Crippen LogP contribution in [0.2, 0.25) is 0 Å². The predicted octanol–water partition coefficient (Wildman–Crippen LogP) is 5.55. The Labute approximate surface area is 200 Å². The van der Waals surface area contributed by atoms with Crippen molar-refractivity contribution in [1.29, 1.82) is 0 Å². The van der Waals surface area contributed by atoms with Crippen molar-refractivity contribution in [3.05, 3.63) is 34.3 Å². The van der Waals surface area contributed by atoms with Crippen molar-refractivity contribution in [1.82, 2.24) is 9.97 Å². The highest BCUT2D eigenvalue weighted by Gasteiger charge is 2.35. The minimum atomic E-state index is -0.998. The maximum atomic E-state index is 13.8. The third-order valence-electron chi connectivity index (χ3n) is 6.26. The van der Waals surface area contributed by atoms with Gasteiger partial charge >= 0.3 is 12.0 Å². The number of anilines is 1. The van der Waals surface area contributed by atoms with Gasteiger partial charge in [-0.3, -0.25) is 4.79 Å². The van der Waals surface area contributed by atoms with E-state index in [2.05, 4.69) is 37.7 Å². The minimum absolute atomic E-state index is 0.0196. The first-order valence-corrected chi connectivity index (χ1v) is 12.5. The number of ether oxygens (including phenoxy) is 1. The second kappa shape index (κ2) is 10.6. The largest absolute Gasteiger partial charge is 0.477 e. The third kappa shape index (κ3) is 6.31. The lowest BCUT2D eigenvalue weighted by Gasteiger charge is -2.35. The molecule has 2 aromatic rings. The van der Waals surface area contributed by atoms with Crippen molar-refractivity contribution in [2.24, 2.45) is 11.8 Å². The van der Waals surface area contributed by atoms with Gasteiger partial charge in [0.2, 0.25) is 5.91 Å². The number of carbonyl (C=O) groups is 2. The van der Waals surface area contributed by atoms with Gasteiger partial charge in [-0.05, 0) is 56.1 Å². The first-order valence-electron chi connectivity index (χ1n) is 11.7. The normalized spacial score (nSPS) is 19.7. The molecule has 8 heteroatoms. The van der Waals surface area contributed by atoms with Crippen molar-refractivity contribution in [2.45, 2.75) is 78.2 Å². The first-order chi connectivity index (χ1) is 15.6. The van der Waals surface area contributed by atoms with Gasteiger partial charge < -0.3 is 14.7 Å². The molecule has 0 spiro atoms. The van der Waals surface area contributed by atoms with Gasteiger partial charge in [0.1, 0.15) is 4.88 Å². The summed E-state index contributed by atoms with van der Waals surface area (Å²) in [5, 5.41) is 9.96. The van der Waals surface area contributed by atoms with E-state index in [0.29, 0.717) is 30.6 Å². The second-order valence-electron chi connectivity index (χ2n) is 10.1. The zero-order chi connectivity index (χ0) is 24.2. The molecule has 2 heterocycles. The zero-order valence-electron chi connectivity index (χ0n) is 20.2. The van der Waals surface area contributed by atoms with Crippen LogP contribution in [0.15, 0.2) is 24.5 Å². The van der Waals surface area contributed by atoms with Gasteiger partial charge in [0.05, 0.1) is 12.3 Å². The van der Waals surface area contributed by atoms with Gasteiger partial charge in [-0.25, -0.2) is 14.8 Å². The zero-order valence-corrected chi connectivity index (χ0v) is 21.0. The number of aromatic carboxylic acids is 1. The Morgan fingerprint density at radius 3 is 2.42 bits per heavy atom. The summed E-state index contributed by atoms with van der Waals surface area (Å²) in [4.78, 5) is 37.0. The molecular formula is C25H35N3O4S. The number of amides is 1. The molecule has 1 saturated carbocycles. The maximum absolute atomic E-state index is 13.8. The van der Waals surface area contributed by atoms with E-state index < -0.39 is 5.97 Å². The van der Waals surface area contributed by atoms with Crippen LogP contribution in [0.1, 0.15) is 81.3 Å². The lowest BCUT2D eigenvalue weighted by Crippen LogP contribution is -2.44. The smallest absolute Gasteiger partial charge is 0.348 e. The Kier molecular flexibility index (Phi) is 8.10. The van der Waals surface area contributed by atoms with Crippen molar-refractivity contribution < 1.29 is 19.4 Å². The highest BCUT2D eigenvalue weighted by molar-refractivity contribution is 7.14. The average molecular weight is 474 g/mol. The van der Waals surface area contributed by atoms with Crippen LogP contribution in [0.5, 0.6) is 6.01 Å². The number of thiophene rings is 1. The molecule has 2 aromatic heterocycles. The third-order valence-corrected chi connectivity index (χ3v) is 7.80. The SMILES string of the molecule is C[C@@H](CCOc1ncccn1)N(c1cc(C(C)(C)C)sc1C(=O)O)C(=O)[C@H]1CC[C@H](C)CC1. The van der Waals surface area contributed by atoms with Gasteiger partial charge in [-0.2, -0.15) is 0 Å². The lowest BCUT2D eigenvalue weighted by atomic mass is 9.82. The van der Waals surface area contributed by atoms with E-state index in [-0.39, 0.29) is 28.2 Å². The van der Waals surface area contributed by atoms with Crippen molar-refractivity contribution in [3.63, 3.8) is 0 Å². The van der Waals surface area contributed by atoms with Crippen molar-refractivity contribution >= 4 is 28.9 Å². The van der Waals surface area contributed by atoms with Crippen molar-refractivity contribution in [2.75, 3.05) is 11.5 Å². The Hall–Kier alpha value is -2.48. The maximum Gasteiger partial charge on any atom is 0.348 e. The number of carboxylic acid groups (broad SMARTS) is 1. The Morgan fingerprint density at radius 1 is 1.21 bits per heavy atom. The molecule has 1 aliphatic carbocycles. The first kappa shape index (κ1) is 25.1. The quantitative estimate of drug-likeness (QED) is 0.540. The summed E-state index contributed by atoms with van der Waals surface area (Å²) in [5.74, 6) is -0.433. The predicted molar refractivity (Wildman–Crippen MR) is 130 cm³/mol. The van der Waals surface area contributed by atoms with Crippen LogP contribution in [-0.2, 0) is 10.2 Å². The van der Waals surface area contributed by atoms with Gasteiger partial charge in [-0.1, -0.05) is 27.7 Å². The molecule has 1 aliphatic rings. The number of carboxylic acids is 1. The summed E-state index contributed by atoms with van der Waals surface area (Å²) in [6.07, 6.45) is 7.50. The van der Waals surface area contributed by atoms with Gasteiger partial charge in [0, 0.05) is 35.7 Å². The van der Waals surface area contributed by atoms with Crippen LogP contribution in [0, 0.1) is 11.8 Å². The van der Waals surface area contributed by atoms with Crippen LogP contribution < -0.4 is 9.64 Å². The molecule has 0 unspecified atom stereocenters. The van der Waals surface area contributed by atoms with Gasteiger partial charge in [0.25, 0.3) is 0 Å². The molecule has 0 aliphatic heterocycles. The number of hydrogen-bond acceptors (Lipinski definition) is 6. The van der Waals surface area contributed by atoms with Crippen LogP contribution in [-0.4, -0.2) is 39.6 Å². The van der Waals surface area contributed by atoms with E-state index in [0.717, 1.165) is 30.6 Å². The highest BCUT2D eigenvalue weighted by Crippen LogP contribution is 2.40. The molecule has 33 heavy (non-hydrogen) atoms. The summed E-state index contributed by atoms with van der Waals surface area (Å²) >= 11 is 1.26. The molecule has 0 bridgehead atoms. The molecule has 7 nitrogen and oxygen atoms in total. The topological polar surface area (TPSA) is 92.6 Å². The second-order valence-corrected chi connectivity index (χ2v) is 11.1. The summed E-state index contributed by atoms with van der Waals surface area (Å²) in [6, 6.07) is 3.68. The summed E-state index contributed by atoms with van der Waals surface area (Å²) in [5.41, 5.74) is 0.295. The van der Waals surface area contributed by atoms with Crippen LogP contribution >= 0.6 is 11.3 Å². The molecule has 180 valence electrons. The fourth-order valence-electron chi connectivity index (χ4n) is 4.17. The highest BCUT2D eigenvalue weighted by atomic mass is 32.1. The van der Waals surface area contributed by atoms with Crippen LogP contribution in [0.4, 0.5) is 5.69 Å². The number of aromatic nitrogens is 2. The lowest BCUT2D eigenvalue weighted by molar-refractivity contribution is -0.124. The molecule has 0 saturated heterocycles. The number of carbonyl (C=O) groups excluding carboxylic acids is 1. The van der Waals surface area contributed by atoms with Crippen LogP contribution in [0.25, 0.3) is 0 Å². The molecule has 1 fully saturated rings. The van der Waals surface area contributed by atoms with Gasteiger partial charge in [-0.15, -0.1) is 11.3 Å². The summed E-state index contributed by atoms with van der Waals surface area (Å²) in [6.45, 7) is 10.7. The molecule has 0 aromatic carbocycles.